The van der Waals surface area contributed by atoms with E-state index in [1.165, 1.54) is 0 Å². The molecule has 0 bridgehead atoms. The lowest BCUT2D eigenvalue weighted by Gasteiger charge is -2.06. The fourth-order valence-electron chi connectivity index (χ4n) is 1.38. The molecule has 0 saturated heterocycles. The lowest BCUT2D eigenvalue weighted by Crippen LogP contribution is -2.01. The number of hydrogen-bond donors (Lipinski definition) is 1. The van der Waals surface area contributed by atoms with Gasteiger partial charge in [0.15, 0.2) is 0 Å². The highest BCUT2D eigenvalue weighted by molar-refractivity contribution is 7.71. The van der Waals surface area contributed by atoms with Gasteiger partial charge in [0.25, 0.3) is 0 Å². The van der Waals surface area contributed by atoms with Crippen molar-refractivity contribution in [1.29, 1.82) is 0 Å². The van der Waals surface area contributed by atoms with E-state index in [9.17, 15) is 8.42 Å². The second kappa shape index (κ2) is 4.14. The van der Waals surface area contributed by atoms with Crippen molar-refractivity contribution in [2.75, 3.05) is 5.32 Å². The quantitative estimate of drug-likeness (QED) is 0.731. The highest BCUT2D eigenvalue weighted by Crippen LogP contribution is 2.20. The maximum Gasteiger partial charge on any atom is 0.216 e. The number of allylic oxidation sites excluding steroid dienone is 3. The molecular weight excluding hydrogens is 210 g/mol. The summed E-state index contributed by atoms with van der Waals surface area (Å²) in [5, 5.41) is 4.19. The fraction of sp³-hybridized carbons (Fsp3) is 0. The molecule has 3 nitrogen and oxygen atoms in total. The molecule has 1 aromatic carbocycles. The molecule has 15 heavy (non-hydrogen) atoms. The van der Waals surface area contributed by atoms with Crippen LogP contribution in [0.2, 0.25) is 0 Å². The van der Waals surface area contributed by atoms with Crippen LogP contribution in [-0.2, 0) is 10.3 Å². The summed E-state index contributed by atoms with van der Waals surface area (Å²) in [4.78, 5) is 0. The minimum Gasteiger partial charge on any atom is -0.354 e. The molecule has 0 saturated carbocycles. The SMILES string of the molecule is O=S(=O)=CC1=CC=Cc2ccccc2N1. The average molecular weight is 219 g/mol. The fourth-order valence-corrected chi connectivity index (χ4v) is 1.73. The summed E-state index contributed by atoms with van der Waals surface area (Å²) in [5.41, 5.74) is 2.50. The van der Waals surface area contributed by atoms with Crippen molar-refractivity contribution in [2.45, 2.75) is 0 Å². The maximum atomic E-state index is 10.5. The smallest absolute Gasteiger partial charge is 0.216 e. The molecule has 1 N–H and O–H groups in total. The van der Waals surface area contributed by atoms with Crippen LogP contribution in [0.25, 0.3) is 6.08 Å². The molecule has 0 amide bonds. The highest BCUT2D eigenvalue weighted by Gasteiger charge is 2.02. The van der Waals surface area contributed by atoms with Crippen LogP contribution in [0.1, 0.15) is 5.56 Å². The molecule has 1 heterocycles. The van der Waals surface area contributed by atoms with E-state index in [1.54, 1.807) is 6.08 Å². The minimum atomic E-state index is -2.19. The summed E-state index contributed by atoms with van der Waals surface area (Å²) >= 11 is 0. The van der Waals surface area contributed by atoms with Crippen LogP contribution >= 0.6 is 0 Å². The zero-order valence-electron chi connectivity index (χ0n) is 7.84. The van der Waals surface area contributed by atoms with E-state index >= 15 is 0 Å². The van der Waals surface area contributed by atoms with Crippen LogP contribution in [0.15, 0.2) is 42.1 Å². The zero-order chi connectivity index (χ0) is 10.7. The van der Waals surface area contributed by atoms with Crippen LogP contribution in [0.3, 0.4) is 0 Å². The molecule has 0 radical (unpaired) electrons. The third kappa shape index (κ3) is 2.35. The number of benzene rings is 1. The molecular formula is C11H9NO2S. The van der Waals surface area contributed by atoms with E-state index in [4.69, 9.17) is 0 Å². The van der Waals surface area contributed by atoms with Gasteiger partial charge in [0.05, 0.1) is 11.1 Å². The second-order valence-electron chi connectivity index (χ2n) is 3.07. The van der Waals surface area contributed by atoms with E-state index < -0.39 is 10.3 Å². The number of nitrogens with one attached hydrogen (secondary N) is 1. The topological polar surface area (TPSA) is 46.2 Å². The van der Waals surface area contributed by atoms with Gasteiger partial charge in [0, 0.05) is 5.69 Å². The van der Waals surface area contributed by atoms with Gasteiger partial charge in [-0.2, -0.15) is 8.42 Å². The van der Waals surface area contributed by atoms with Gasteiger partial charge in [0.2, 0.25) is 10.3 Å². The standard InChI is InChI=1S/C11H9NO2S/c13-15(14)8-10-6-3-5-9-4-1-2-7-11(9)12-10/h1-8,12H. The molecule has 0 fully saturated rings. The summed E-state index contributed by atoms with van der Waals surface area (Å²) in [5.74, 6) is 0. The Labute approximate surface area is 89.3 Å². The Morgan fingerprint density at radius 2 is 2.00 bits per heavy atom. The molecule has 2 rings (SSSR count). The summed E-state index contributed by atoms with van der Waals surface area (Å²) < 4.78 is 21.1. The Balaban J connectivity index is 2.44. The van der Waals surface area contributed by atoms with Crippen LogP contribution in [0.4, 0.5) is 5.69 Å². The van der Waals surface area contributed by atoms with Gasteiger partial charge in [0.1, 0.15) is 0 Å². The molecule has 0 spiro atoms. The van der Waals surface area contributed by atoms with E-state index in [1.807, 2.05) is 36.4 Å². The third-order valence-corrected chi connectivity index (χ3v) is 2.46. The number of fused-ring (bicyclic) bond motifs is 1. The Kier molecular flexibility index (Phi) is 2.69. The molecule has 76 valence electrons. The van der Waals surface area contributed by atoms with Gasteiger partial charge < -0.3 is 5.32 Å². The van der Waals surface area contributed by atoms with E-state index in [-0.39, 0.29) is 0 Å². The van der Waals surface area contributed by atoms with Crippen LogP contribution in [0.5, 0.6) is 0 Å². The van der Waals surface area contributed by atoms with Gasteiger partial charge >= 0.3 is 0 Å². The second-order valence-corrected chi connectivity index (χ2v) is 3.83. The first-order valence-corrected chi connectivity index (χ1v) is 5.57. The Morgan fingerprint density at radius 3 is 2.80 bits per heavy atom. The average Bonchev–Trinajstić information content (AvgIpc) is 2.38. The summed E-state index contributed by atoms with van der Waals surface area (Å²) in [6.07, 6.45) is 5.46. The predicted molar refractivity (Wildman–Crippen MR) is 62.2 cm³/mol. The molecule has 0 aromatic heterocycles. The van der Waals surface area contributed by atoms with Gasteiger partial charge in [-0.05, 0) is 17.7 Å². The van der Waals surface area contributed by atoms with E-state index in [2.05, 4.69) is 5.32 Å². The van der Waals surface area contributed by atoms with Gasteiger partial charge in [-0.3, -0.25) is 0 Å². The lowest BCUT2D eigenvalue weighted by atomic mass is 10.2. The Morgan fingerprint density at radius 1 is 1.20 bits per heavy atom. The molecule has 0 atom stereocenters. The molecule has 4 heteroatoms. The first-order valence-electron chi connectivity index (χ1n) is 4.43. The monoisotopic (exact) mass is 219 g/mol. The zero-order valence-corrected chi connectivity index (χ0v) is 8.66. The summed E-state index contributed by atoms with van der Waals surface area (Å²) in [7, 11) is -2.19. The van der Waals surface area contributed by atoms with E-state index in [0.29, 0.717) is 5.70 Å². The van der Waals surface area contributed by atoms with Gasteiger partial charge in [-0.25, -0.2) is 0 Å². The van der Waals surface area contributed by atoms with Crippen molar-refractivity contribution < 1.29 is 8.42 Å². The van der Waals surface area contributed by atoms with Gasteiger partial charge in [-0.1, -0.05) is 30.4 Å². The molecule has 0 aliphatic carbocycles. The van der Waals surface area contributed by atoms with Crippen molar-refractivity contribution >= 4 is 27.4 Å². The summed E-state index contributed by atoms with van der Waals surface area (Å²) in [6, 6.07) is 7.70. The van der Waals surface area contributed by atoms with Crippen molar-refractivity contribution in [2.24, 2.45) is 0 Å². The number of anilines is 1. The summed E-state index contributed by atoms with van der Waals surface area (Å²) in [6.45, 7) is 0. The number of hydrogen-bond acceptors (Lipinski definition) is 3. The van der Waals surface area contributed by atoms with Crippen molar-refractivity contribution in [3.63, 3.8) is 0 Å². The Bertz CT molecular complexity index is 560. The normalized spacial score (nSPS) is 13.2. The van der Waals surface area contributed by atoms with Crippen molar-refractivity contribution in [3.05, 3.63) is 47.7 Å². The van der Waals surface area contributed by atoms with Crippen LogP contribution < -0.4 is 5.32 Å². The predicted octanol–water partition coefficient (Wildman–Crippen LogP) is 1.69. The number of para-hydroxylation sites is 1. The van der Waals surface area contributed by atoms with E-state index in [0.717, 1.165) is 16.6 Å². The van der Waals surface area contributed by atoms with Crippen LogP contribution in [-0.4, -0.2) is 13.8 Å². The highest BCUT2D eigenvalue weighted by atomic mass is 32.2. The molecule has 1 aliphatic heterocycles. The first kappa shape index (κ1) is 9.73. The maximum absolute atomic E-state index is 10.5. The van der Waals surface area contributed by atoms with Gasteiger partial charge in [-0.15, -0.1) is 0 Å². The number of rotatable bonds is 1. The van der Waals surface area contributed by atoms with Crippen LogP contribution in [0, 0.1) is 0 Å². The lowest BCUT2D eigenvalue weighted by molar-refractivity contribution is 0.627. The van der Waals surface area contributed by atoms with Crippen molar-refractivity contribution in [3.8, 4) is 0 Å². The Hall–Kier alpha value is -1.81. The first-order chi connectivity index (χ1) is 7.25. The third-order valence-electron chi connectivity index (χ3n) is 2.01. The largest absolute Gasteiger partial charge is 0.354 e. The molecule has 1 aromatic rings. The molecule has 1 aliphatic rings. The minimum absolute atomic E-state index is 0.560. The van der Waals surface area contributed by atoms with Crippen molar-refractivity contribution in [1.82, 2.24) is 0 Å². The molecule has 0 unspecified atom stereocenters.